The molecule has 0 saturated carbocycles. The fourth-order valence-electron chi connectivity index (χ4n) is 3.19. The van der Waals surface area contributed by atoms with Gasteiger partial charge in [-0.1, -0.05) is 30.3 Å². The molecule has 0 saturated heterocycles. The lowest BCUT2D eigenvalue weighted by molar-refractivity contribution is 0.202. The van der Waals surface area contributed by atoms with Crippen molar-refractivity contribution in [2.24, 2.45) is 0 Å². The van der Waals surface area contributed by atoms with Gasteiger partial charge in [-0.2, -0.15) is 0 Å². The molecule has 1 heterocycles. The lowest BCUT2D eigenvalue weighted by Crippen LogP contribution is -2.40. The van der Waals surface area contributed by atoms with Gasteiger partial charge in [-0.25, -0.2) is 4.79 Å². The minimum absolute atomic E-state index is 0.159. The summed E-state index contributed by atoms with van der Waals surface area (Å²) in [6, 6.07) is 15.0. The second kappa shape index (κ2) is 8.92. The molecule has 6 heteroatoms. The van der Waals surface area contributed by atoms with Crippen LogP contribution in [0.5, 0.6) is 0 Å². The molecule has 152 valence electrons. The van der Waals surface area contributed by atoms with E-state index < -0.39 is 0 Å². The molecule has 6 nitrogen and oxygen atoms in total. The summed E-state index contributed by atoms with van der Waals surface area (Å²) in [6.07, 6.45) is 0. The summed E-state index contributed by atoms with van der Waals surface area (Å²) in [4.78, 5) is 32.3. The number of fused-ring (bicyclic) bond motifs is 1. The summed E-state index contributed by atoms with van der Waals surface area (Å²) in [6.45, 7) is 5.48. The van der Waals surface area contributed by atoms with Crippen molar-refractivity contribution in [3.63, 3.8) is 0 Å². The second-order valence-electron chi connectivity index (χ2n) is 7.62. The van der Waals surface area contributed by atoms with Gasteiger partial charge < -0.3 is 20.1 Å². The number of benzene rings is 2. The van der Waals surface area contributed by atoms with Crippen molar-refractivity contribution < 1.29 is 4.79 Å². The first-order valence-corrected chi connectivity index (χ1v) is 9.73. The number of H-pyrrole nitrogens is 1. The van der Waals surface area contributed by atoms with Crippen LogP contribution in [0.25, 0.3) is 10.9 Å². The predicted octanol–water partition coefficient (Wildman–Crippen LogP) is 3.74. The van der Waals surface area contributed by atoms with E-state index in [1.807, 2.05) is 81.4 Å². The third-order valence-electron chi connectivity index (χ3n) is 5.12. The number of carbonyl (C=O) groups excluding carboxylic acids is 1. The molecule has 3 aromatic rings. The summed E-state index contributed by atoms with van der Waals surface area (Å²) in [7, 11) is 3.92. The highest BCUT2D eigenvalue weighted by atomic mass is 16.2. The van der Waals surface area contributed by atoms with Crippen LogP contribution in [0.3, 0.4) is 0 Å². The highest BCUT2D eigenvalue weighted by Gasteiger charge is 2.17. The van der Waals surface area contributed by atoms with Gasteiger partial charge in [0.05, 0.1) is 12.1 Å². The summed E-state index contributed by atoms with van der Waals surface area (Å²) in [5, 5.41) is 3.89. The van der Waals surface area contributed by atoms with Crippen molar-refractivity contribution >= 4 is 22.6 Å². The molecule has 0 bridgehead atoms. The zero-order valence-electron chi connectivity index (χ0n) is 17.5. The Morgan fingerprint density at radius 1 is 1.03 bits per heavy atom. The Kier molecular flexibility index (Phi) is 6.34. The maximum absolute atomic E-state index is 12.9. The number of nitrogens with zero attached hydrogens (tertiary/aromatic N) is 2. The molecule has 0 aliphatic heterocycles. The number of para-hydroxylation sites is 1. The first kappa shape index (κ1) is 20.6. The lowest BCUT2D eigenvalue weighted by atomic mass is 10.0. The first-order chi connectivity index (χ1) is 13.8. The van der Waals surface area contributed by atoms with E-state index in [-0.39, 0.29) is 18.1 Å². The monoisotopic (exact) mass is 392 g/mol. The number of hydrogen-bond donors (Lipinski definition) is 2. The maximum atomic E-state index is 12.9. The van der Waals surface area contributed by atoms with E-state index in [1.54, 1.807) is 4.90 Å². The van der Waals surface area contributed by atoms with E-state index in [2.05, 4.69) is 10.3 Å². The van der Waals surface area contributed by atoms with E-state index in [4.69, 9.17) is 0 Å². The van der Waals surface area contributed by atoms with Crippen LogP contribution in [-0.2, 0) is 6.54 Å². The third-order valence-corrected chi connectivity index (χ3v) is 5.12. The Hall–Kier alpha value is -3.12. The Morgan fingerprint density at radius 3 is 2.45 bits per heavy atom. The molecule has 0 fully saturated rings. The van der Waals surface area contributed by atoms with Gasteiger partial charge in [0.15, 0.2) is 0 Å². The Bertz CT molecular complexity index is 1060. The van der Waals surface area contributed by atoms with Gasteiger partial charge in [0, 0.05) is 24.3 Å². The van der Waals surface area contributed by atoms with Gasteiger partial charge in [-0.3, -0.25) is 4.79 Å². The zero-order valence-corrected chi connectivity index (χ0v) is 17.5. The highest BCUT2D eigenvalue weighted by Crippen LogP contribution is 2.19. The Balaban J connectivity index is 1.88. The van der Waals surface area contributed by atoms with Crippen LogP contribution in [0.15, 0.2) is 53.3 Å². The number of hydrogen-bond acceptors (Lipinski definition) is 3. The molecule has 0 spiro atoms. The fourth-order valence-corrected chi connectivity index (χ4v) is 3.19. The number of nitrogens with one attached hydrogen (secondary N) is 2. The minimum atomic E-state index is -0.224. The topological polar surface area (TPSA) is 68.4 Å². The molecular weight excluding hydrogens is 364 g/mol. The summed E-state index contributed by atoms with van der Waals surface area (Å²) >= 11 is 0. The van der Waals surface area contributed by atoms with Crippen LogP contribution < -0.4 is 10.9 Å². The van der Waals surface area contributed by atoms with Crippen LogP contribution >= 0.6 is 0 Å². The van der Waals surface area contributed by atoms with Crippen LogP contribution in [0, 0.1) is 13.8 Å². The number of aryl methyl sites for hydroxylation is 2. The number of pyridine rings is 1. The van der Waals surface area contributed by atoms with Gasteiger partial charge in [0.1, 0.15) is 0 Å². The Labute approximate surface area is 171 Å². The molecule has 0 aliphatic carbocycles. The molecule has 0 aliphatic rings. The van der Waals surface area contributed by atoms with Crippen LogP contribution in [0.4, 0.5) is 10.5 Å². The SMILES string of the molecule is Cc1ccc2cc(CN(CCN(C)C)C(=O)Nc3ccccc3)c(=O)[nH]c2c1C. The van der Waals surface area contributed by atoms with Crippen molar-refractivity contribution in [3.05, 3.63) is 75.6 Å². The minimum Gasteiger partial charge on any atom is -0.321 e. The number of aromatic amines is 1. The predicted molar refractivity (Wildman–Crippen MR) is 118 cm³/mol. The van der Waals surface area contributed by atoms with Crippen molar-refractivity contribution in [1.29, 1.82) is 0 Å². The maximum Gasteiger partial charge on any atom is 0.322 e. The normalized spacial score (nSPS) is 11.1. The molecule has 0 atom stereocenters. The van der Waals surface area contributed by atoms with E-state index in [0.29, 0.717) is 18.7 Å². The van der Waals surface area contributed by atoms with Crippen molar-refractivity contribution in [3.8, 4) is 0 Å². The van der Waals surface area contributed by atoms with Gasteiger partial charge in [0.2, 0.25) is 0 Å². The quantitative estimate of drug-likeness (QED) is 0.671. The number of urea groups is 1. The van der Waals surface area contributed by atoms with E-state index in [1.165, 1.54) is 0 Å². The van der Waals surface area contributed by atoms with Gasteiger partial charge in [0.25, 0.3) is 5.56 Å². The highest BCUT2D eigenvalue weighted by molar-refractivity contribution is 5.89. The average Bonchev–Trinajstić information content (AvgIpc) is 2.69. The molecule has 3 rings (SSSR count). The first-order valence-electron chi connectivity index (χ1n) is 9.73. The zero-order chi connectivity index (χ0) is 21.0. The molecule has 2 aromatic carbocycles. The number of likely N-dealkylation sites (N-methyl/N-ethyl adjacent to an activating group) is 1. The lowest BCUT2D eigenvalue weighted by Gasteiger charge is -2.25. The standard InChI is InChI=1S/C23H28N4O2/c1-16-10-11-18-14-19(22(28)25-21(18)17(16)2)15-27(13-12-26(3)4)23(29)24-20-8-6-5-7-9-20/h5-11,14H,12-13,15H2,1-4H3,(H,24,29)(H,25,28). The fraction of sp³-hybridized carbons (Fsp3) is 0.304. The number of anilines is 1. The largest absolute Gasteiger partial charge is 0.322 e. The molecule has 2 N–H and O–H groups in total. The average molecular weight is 393 g/mol. The molecule has 0 unspecified atom stereocenters. The molecular formula is C23H28N4O2. The van der Waals surface area contributed by atoms with Gasteiger partial charge >= 0.3 is 6.03 Å². The van der Waals surface area contributed by atoms with Crippen molar-refractivity contribution in [1.82, 2.24) is 14.8 Å². The van der Waals surface area contributed by atoms with Crippen LogP contribution in [-0.4, -0.2) is 48.0 Å². The number of rotatable bonds is 6. The molecule has 1 aromatic heterocycles. The van der Waals surface area contributed by atoms with E-state index in [9.17, 15) is 9.59 Å². The molecule has 2 amide bonds. The second-order valence-corrected chi connectivity index (χ2v) is 7.62. The summed E-state index contributed by atoms with van der Waals surface area (Å²) in [5.41, 5.74) is 4.20. The molecule has 0 radical (unpaired) electrons. The van der Waals surface area contributed by atoms with Crippen molar-refractivity contribution in [2.75, 3.05) is 32.5 Å². The van der Waals surface area contributed by atoms with Gasteiger partial charge in [-0.05, 0) is 62.7 Å². The number of carbonyl (C=O) groups is 1. The van der Waals surface area contributed by atoms with Crippen LogP contribution in [0.2, 0.25) is 0 Å². The smallest absolute Gasteiger partial charge is 0.321 e. The Morgan fingerprint density at radius 2 is 1.76 bits per heavy atom. The third kappa shape index (κ3) is 5.03. The number of amides is 2. The molecule has 29 heavy (non-hydrogen) atoms. The van der Waals surface area contributed by atoms with E-state index in [0.717, 1.165) is 27.7 Å². The van der Waals surface area contributed by atoms with Crippen LogP contribution in [0.1, 0.15) is 16.7 Å². The summed E-state index contributed by atoms with van der Waals surface area (Å²) < 4.78 is 0. The number of aromatic nitrogens is 1. The van der Waals surface area contributed by atoms with Crippen molar-refractivity contribution in [2.45, 2.75) is 20.4 Å². The summed E-state index contributed by atoms with van der Waals surface area (Å²) in [5.74, 6) is 0. The van der Waals surface area contributed by atoms with E-state index >= 15 is 0 Å². The van der Waals surface area contributed by atoms with Gasteiger partial charge in [-0.15, -0.1) is 0 Å².